The van der Waals surface area contributed by atoms with Crippen molar-refractivity contribution in [3.63, 3.8) is 0 Å². The van der Waals surface area contributed by atoms with E-state index in [1.165, 1.54) is 11.5 Å². The second kappa shape index (κ2) is 7.07. The first-order valence-electron chi connectivity index (χ1n) is 5.91. The number of aromatic nitrogens is 2. The summed E-state index contributed by atoms with van der Waals surface area (Å²) in [5.41, 5.74) is 0. The number of hydrogen-bond donors (Lipinski definition) is 1. The average Bonchev–Trinajstić information content (AvgIpc) is 2.76. The van der Waals surface area contributed by atoms with Crippen molar-refractivity contribution in [2.75, 3.05) is 11.9 Å². The van der Waals surface area contributed by atoms with E-state index in [2.05, 4.69) is 35.4 Å². The van der Waals surface area contributed by atoms with Gasteiger partial charge in [0, 0.05) is 24.5 Å². The molecule has 0 fully saturated rings. The second-order valence-corrected chi connectivity index (χ2v) is 5.16. The van der Waals surface area contributed by atoms with Crippen LogP contribution in [0.5, 0.6) is 0 Å². The van der Waals surface area contributed by atoms with Gasteiger partial charge in [0.15, 0.2) is 0 Å². The molecule has 1 heterocycles. The third-order valence-electron chi connectivity index (χ3n) is 2.79. The zero-order valence-electron chi connectivity index (χ0n) is 10.2. The summed E-state index contributed by atoms with van der Waals surface area (Å²) < 4.78 is 4.22. The van der Waals surface area contributed by atoms with Crippen LogP contribution in [0, 0.1) is 5.92 Å². The average molecular weight is 262 g/mol. The molecule has 0 saturated carbocycles. The minimum atomic E-state index is 0.170. The molecule has 1 rings (SSSR count). The summed E-state index contributed by atoms with van der Waals surface area (Å²) in [4.78, 5) is 4.35. The van der Waals surface area contributed by atoms with Crippen molar-refractivity contribution in [2.45, 2.75) is 45.4 Å². The summed E-state index contributed by atoms with van der Waals surface area (Å²) in [5, 5.41) is 4.31. The molecule has 0 amide bonds. The first kappa shape index (κ1) is 13.7. The topological polar surface area (TPSA) is 37.8 Å². The second-order valence-electron chi connectivity index (χ2n) is 3.84. The lowest BCUT2D eigenvalue weighted by Gasteiger charge is -2.18. The maximum absolute atomic E-state index is 6.33. The van der Waals surface area contributed by atoms with Crippen molar-refractivity contribution in [1.82, 2.24) is 9.36 Å². The van der Waals surface area contributed by atoms with Crippen molar-refractivity contribution >= 4 is 28.3 Å². The Morgan fingerprint density at radius 1 is 1.31 bits per heavy atom. The molecular formula is C11H20ClN3S. The minimum Gasteiger partial charge on any atom is -0.359 e. The third kappa shape index (κ3) is 3.91. The summed E-state index contributed by atoms with van der Waals surface area (Å²) in [7, 11) is 0. The molecule has 5 heteroatoms. The molecule has 0 saturated heterocycles. The van der Waals surface area contributed by atoms with E-state index in [1.54, 1.807) is 0 Å². The van der Waals surface area contributed by atoms with E-state index in [4.69, 9.17) is 11.6 Å². The molecule has 0 aliphatic rings. The summed E-state index contributed by atoms with van der Waals surface area (Å²) in [6.45, 7) is 7.19. The molecule has 0 aliphatic carbocycles. The van der Waals surface area contributed by atoms with Crippen LogP contribution in [0.1, 0.15) is 39.4 Å². The maximum atomic E-state index is 6.33. The third-order valence-corrected chi connectivity index (χ3v) is 4.01. The smallest absolute Gasteiger partial charge is 0.202 e. The molecule has 1 aromatic rings. The predicted octanol–water partition coefficient (Wildman–Crippen LogP) is 3.56. The van der Waals surface area contributed by atoms with Gasteiger partial charge in [0.25, 0.3) is 0 Å². The summed E-state index contributed by atoms with van der Waals surface area (Å²) in [6.07, 6.45) is 3.14. The van der Waals surface area contributed by atoms with Crippen LogP contribution in [0.3, 0.4) is 0 Å². The molecule has 0 spiro atoms. The van der Waals surface area contributed by atoms with Gasteiger partial charge in [-0.1, -0.05) is 33.6 Å². The van der Waals surface area contributed by atoms with Crippen LogP contribution in [0.15, 0.2) is 0 Å². The van der Waals surface area contributed by atoms with Crippen molar-refractivity contribution in [2.24, 2.45) is 5.92 Å². The predicted molar refractivity (Wildman–Crippen MR) is 71.5 cm³/mol. The highest BCUT2D eigenvalue weighted by Gasteiger charge is 2.15. The van der Waals surface area contributed by atoms with Crippen molar-refractivity contribution in [3.8, 4) is 0 Å². The Hall–Kier alpha value is -0.350. The lowest BCUT2D eigenvalue weighted by Crippen LogP contribution is -2.22. The number of aryl methyl sites for hydroxylation is 1. The molecule has 3 nitrogen and oxygen atoms in total. The van der Waals surface area contributed by atoms with E-state index < -0.39 is 0 Å². The Balaban J connectivity index is 2.38. The van der Waals surface area contributed by atoms with Crippen LogP contribution in [-0.4, -0.2) is 21.3 Å². The van der Waals surface area contributed by atoms with Crippen LogP contribution < -0.4 is 5.32 Å². The fourth-order valence-electron chi connectivity index (χ4n) is 1.62. The van der Waals surface area contributed by atoms with Gasteiger partial charge >= 0.3 is 0 Å². The van der Waals surface area contributed by atoms with Gasteiger partial charge in [-0.05, 0) is 5.92 Å². The summed E-state index contributed by atoms with van der Waals surface area (Å²) >= 11 is 7.74. The quantitative estimate of drug-likeness (QED) is 0.763. The minimum absolute atomic E-state index is 0.170. The van der Waals surface area contributed by atoms with Crippen LogP contribution in [-0.2, 0) is 6.42 Å². The number of halogens is 1. The number of rotatable bonds is 7. The number of nitrogens with zero attached hydrogens (tertiary/aromatic N) is 2. The molecule has 0 aromatic carbocycles. The Labute approximate surface area is 107 Å². The molecule has 1 atom stereocenters. The Bertz CT molecular complexity index is 299. The van der Waals surface area contributed by atoms with E-state index in [0.717, 1.165) is 36.8 Å². The van der Waals surface area contributed by atoms with Gasteiger partial charge in [0.05, 0.1) is 5.38 Å². The van der Waals surface area contributed by atoms with Crippen molar-refractivity contribution < 1.29 is 0 Å². The van der Waals surface area contributed by atoms with E-state index in [0.29, 0.717) is 5.92 Å². The molecule has 16 heavy (non-hydrogen) atoms. The fourth-order valence-corrected chi connectivity index (χ4v) is 2.71. The zero-order valence-corrected chi connectivity index (χ0v) is 11.7. The Kier molecular flexibility index (Phi) is 6.06. The van der Waals surface area contributed by atoms with Crippen molar-refractivity contribution in [1.29, 1.82) is 0 Å². The van der Waals surface area contributed by atoms with Gasteiger partial charge in [0.2, 0.25) is 5.13 Å². The molecule has 1 aromatic heterocycles. The Morgan fingerprint density at radius 3 is 2.50 bits per heavy atom. The van der Waals surface area contributed by atoms with Gasteiger partial charge in [-0.15, -0.1) is 11.6 Å². The first-order chi connectivity index (χ1) is 7.71. The van der Waals surface area contributed by atoms with Crippen LogP contribution in [0.25, 0.3) is 0 Å². The SMILES string of the molecule is CCc1nsc(NCC(Cl)C(CC)CC)n1. The maximum Gasteiger partial charge on any atom is 0.202 e. The van der Waals surface area contributed by atoms with Gasteiger partial charge in [-0.2, -0.15) is 4.37 Å². The number of hydrogen-bond acceptors (Lipinski definition) is 4. The van der Waals surface area contributed by atoms with Crippen molar-refractivity contribution in [3.05, 3.63) is 5.82 Å². The molecule has 1 N–H and O–H groups in total. The zero-order chi connectivity index (χ0) is 12.0. The van der Waals surface area contributed by atoms with Crippen LogP contribution >= 0.6 is 23.1 Å². The first-order valence-corrected chi connectivity index (χ1v) is 7.12. The van der Waals surface area contributed by atoms with Crippen LogP contribution in [0.4, 0.5) is 5.13 Å². The standard InChI is InChI=1S/C11H20ClN3S/c1-4-8(5-2)9(12)7-13-11-14-10(6-3)15-16-11/h8-9H,4-7H2,1-3H3,(H,13,14,15). The van der Waals surface area contributed by atoms with Gasteiger partial charge in [-0.25, -0.2) is 4.98 Å². The molecule has 0 aliphatic heterocycles. The van der Waals surface area contributed by atoms with E-state index in [1.807, 2.05) is 0 Å². The highest BCUT2D eigenvalue weighted by molar-refractivity contribution is 7.09. The largest absolute Gasteiger partial charge is 0.359 e. The lowest BCUT2D eigenvalue weighted by molar-refractivity contribution is 0.475. The normalized spacial score (nSPS) is 13.1. The van der Waals surface area contributed by atoms with Gasteiger partial charge in [0.1, 0.15) is 5.82 Å². The number of alkyl halides is 1. The van der Waals surface area contributed by atoms with E-state index in [9.17, 15) is 0 Å². The molecule has 0 radical (unpaired) electrons. The number of nitrogens with one attached hydrogen (secondary N) is 1. The molecule has 0 bridgehead atoms. The molecule has 1 unspecified atom stereocenters. The highest BCUT2D eigenvalue weighted by atomic mass is 35.5. The van der Waals surface area contributed by atoms with E-state index >= 15 is 0 Å². The van der Waals surface area contributed by atoms with Gasteiger partial charge < -0.3 is 5.32 Å². The van der Waals surface area contributed by atoms with Gasteiger partial charge in [-0.3, -0.25) is 0 Å². The Morgan fingerprint density at radius 2 is 2.00 bits per heavy atom. The highest BCUT2D eigenvalue weighted by Crippen LogP contribution is 2.20. The lowest BCUT2D eigenvalue weighted by atomic mass is 9.99. The fraction of sp³-hybridized carbons (Fsp3) is 0.818. The monoisotopic (exact) mass is 261 g/mol. The summed E-state index contributed by atoms with van der Waals surface area (Å²) in [6, 6.07) is 0. The molecule has 92 valence electrons. The van der Waals surface area contributed by atoms with Crippen LogP contribution in [0.2, 0.25) is 0 Å². The number of anilines is 1. The molecular weight excluding hydrogens is 242 g/mol. The summed E-state index contributed by atoms with van der Waals surface area (Å²) in [5.74, 6) is 1.48. The van der Waals surface area contributed by atoms with E-state index in [-0.39, 0.29) is 5.38 Å².